The van der Waals surface area contributed by atoms with Crippen molar-refractivity contribution in [1.82, 2.24) is 25.2 Å². The summed E-state index contributed by atoms with van der Waals surface area (Å²) < 4.78 is 0. The van der Waals surface area contributed by atoms with Gasteiger partial charge in [-0.1, -0.05) is 41.6 Å². The number of carboxylic acid groups (broad SMARTS) is 1. The van der Waals surface area contributed by atoms with Crippen LogP contribution in [0.2, 0.25) is 0 Å². The highest BCUT2D eigenvalue weighted by atomic mass is 32.1. The van der Waals surface area contributed by atoms with Crippen LogP contribution in [0.4, 0.5) is 5.13 Å². The molecule has 1 unspecified atom stereocenters. The zero-order valence-electron chi connectivity index (χ0n) is 22.7. The molecule has 3 atom stereocenters. The molecule has 4 aromatic rings. The second-order valence-electron chi connectivity index (χ2n) is 9.79. The first-order valence-corrected chi connectivity index (χ1v) is 15.0. The largest absolute Gasteiger partial charge is 0.477 e. The molecule has 0 bridgehead atoms. The van der Waals surface area contributed by atoms with Gasteiger partial charge in [-0.3, -0.25) is 19.5 Å². The Hall–Kier alpha value is -4.95. The van der Waals surface area contributed by atoms with Gasteiger partial charge in [0, 0.05) is 28.7 Å². The monoisotopic (exact) mass is 615 g/mol. The lowest BCUT2D eigenvalue weighted by atomic mass is 9.82. The fourth-order valence-electron chi connectivity index (χ4n) is 5.44. The summed E-state index contributed by atoms with van der Waals surface area (Å²) in [5.74, 6) is -2.64. The van der Waals surface area contributed by atoms with Crippen LogP contribution in [0, 0.1) is 0 Å². The Morgan fingerprint density at radius 2 is 1.93 bits per heavy atom. The van der Waals surface area contributed by atoms with Crippen LogP contribution in [0.5, 0.6) is 0 Å². The third kappa shape index (κ3) is 5.26. The van der Waals surface area contributed by atoms with E-state index in [-0.39, 0.29) is 28.2 Å². The van der Waals surface area contributed by atoms with Crippen molar-refractivity contribution >= 4 is 56.9 Å². The molecular formula is C29H25N7O5S2. The van der Waals surface area contributed by atoms with Crippen LogP contribution in [-0.2, 0) is 19.2 Å². The van der Waals surface area contributed by atoms with E-state index >= 15 is 0 Å². The summed E-state index contributed by atoms with van der Waals surface area (Å²) in [5, 5.41) is 21.1. The number of aliphatic carboxylic acids is 1. The lowest BCUT2D eigenvalue weighted by Crippen LogP contribution is -2.72. The molecule has 2 amide bonds. The first-order chi connectivity index (χ1) is 20.9. The van der Waals surface area contributed by atoms with Crippen LogP contribution < -0.4 is 11.1 Å². The Morgan fingerprint density at radius 1 is 1.14 bits per heavy atom. The number of nitrogens with zero attached hydrogens (tertiary/aromatic N) is 5. The summed E-state index contributed by atoms with van der Waals surface area (Å²) in [4.78, 5) is 58.2. The number of carbonyl (C=O) groups excluding carboxylic acids is 2. The maximum Gasteiger partial charge on any atom is 0.352 e. The van der Waals surface area contributed by atoms with Gasteiger partial charge in [0.1, 0.15) is 29.6 Å². The number of thiazole rings is 2. The van der Waals surface area contributed by atoms with Crippen molar-refractivity contribution in [2.24, 2.45) is 5.16 Å². The Balaban J connectivity index is 1.28. The number of oxime groups is 1. The molecule has 0 spiro atoms. The fraction of sp³-hybridized carbons (Fsp3) is 0.207. The van der Waals surface area contributed by atoms with Crippen LogP contribution in [-0.4, -0.2) is 67.6 Å². The summed E-state index contributed by atoms with van der Waals surface area (Å²) >= 11 is 2.56. The SMILES string of the molecule is CO/N=C(\C(=O)N[C@@H]1C(=O)N2C(C(=O)O)=C(c3csc(C(c4ccccc4)c4cccnc4)n3)CC[C@H]12)c1csc(N)n1. The highest BCUT2D eigenvalue weighted by molar-refractivity contribution is 7.13. The average molecular weight is 616 g/mol. The van der Waals surface area contributed by atoms with Gasteiger partial charge in [0.25, 0.3) is 11.8 Å². The predicted octanol–water partition coefficient (Wildman–Crippen LogP) is 3.09. The van der Waals surface area contributed by atoms with Gasteiger partial charge >= 0.3 is 5.97 Å². The molecule has 3 aromatic heterocycles. The molecule has 218 valence electrons. The van der Waals surface area contributed by atoms with E-state index in [9.17, 15) is 19.5 Å². The number of pyridine rings is 1. The van der Waals surface area contributed by atoms with Gasteiger partial charge in [-0.05, 0) is 30.0 Å². The van der Waals surface area contributed by atoms with E-state index < -0.39 is 29.9 Å². The number of anilines is 1. The van der Waals surface area contributed by atoms with Gasteiger partial charge in [0.2, 0.25) is 0 Å². The van der Waals surface area contributed by atoms with Gasteiger partial charge < -0.3 is 21.0 Å². The van der Waals surface area contributed by atoms with E-state index in [2.05, 4.69) is 20.4 Å². The number of carboxylic acids is 1. The first kappa shape index (κ1) is 28.2. The second kappa shape index (κ2) is 11.7. The molecule has 1 saturated heterocycles. The number of nitrogens with two attached hydrogens (primary N) is 1. The number of rotatable bonds is 9. The third-order valence-electron chi connectivity index (χ3n) is 7.32. The van der Waals surface area contributed by atoms with Crippen molar-refractivity contribution in [2.75, 3.05) is 12.8 Å². The fourth-order valence-corrected chi connectivity index (χ4v) is 6.98. The number of nitrogens with one attached hydrogen (secondary N) is 1. The van der Waals surface area contributed by atoms with Crippen molar-refractivity contribution in [2.45, 2.75) is 30.8 Å². The Bertz CT molecular complexity index is 1710. The predicted molar refractivity (Wildman–Crippen MR) is 160 cm³/mol. The molecular weight excluding hydrogens is 590 g/mol. The van der Waals surface area contributed by atoms with E-state index in [1.807, 2.05) is 47.8 Å². The molecule has 1 aromatic carbocycles. The van der Waals surface area contributed by atoms with Crippen LogP contribution in [0.15, 0.2) is 76.5 Å². The van der Waals surface area contributed by atoms with E-state index in [1.165, 1.54) is 23.3 Å². The Morgan fingerprint density at radius 3 is 2.60 bits per heavy atom. The molecule has 1 fully saturated rings. The maximum absolute atomic E-state index is 13.3. The lowest BCUT2D eigenvalue weighted by Gasteiger charge is -2.50. The molecule has 0 aliphatic carbocycles. The molecule has 0 saturated carbocycles. The molecule has 2 aliphatic heterocycles. The molecule has 2 aliphatic rings. The average Bonchev–Trinajstić information content (AvgIpc) is 3.68. The molecule has 12 nitrogen and oxygen atoms in total. The Kier molecular flexibility index (Phi) is 7.69. The van der Waals surface area contributed by atoms with Crippen LogP contribution in [0.3, 0.4) is 0 Å². The number of allylic oxidation sites excluding steroid dienone is 1. The van der Waals surface area contributed by atoms with Crippen LogP contribution >= 0.6 is 22.7 Å². The number of β-lactam (4-membered cyclic amide) rings is 1. The smallest absolute Gasteiger partial charge is 0.352 e. The first-order valence-electron chi connectivity index (χ1n) is 13.2. The van der Waals surface area contributed by atoms with Crippen LogP contribution in [0.1, 0.15) is 46.3 Å². The highest BCUT2D eigenvalue weighted by Gasteiger charge is 2.54. The number of aromatic nitrogens is 3. The van der Waals surface area contributed by atoms with Gasteiger partial charge in [0.15, 0.2) is 10.8 Å². The van der Waals surface area contributed by atoms with Crippen molar-refractivity contribution in [3.8, 4) is 0 Å². The number of nitrogen functional groups attached to an aromatic ring is 1. The van der Waals surface area contributed by atoms with E-state index in [0.29, 0.717) is 24.1 Å². The minimum absolute atomic E-state index is 0.126. The van der Waals surface area contributed by atoms with Crippen molar-refractivity contribution in [1.29, 1.82) is 0 Å². The summed E-state index contributed by atoms with van der Waals surface area (Å²) in [6.07, 6.45) is 4.29. The van der Waals surface area contributed by atoms with Gasteiger partial charge in [-0.25, -0.2) is 14.8 Å². The lowest BCUT2D eigenvalue weighted by molar-refractivity contribution is -0.154. The number of benzene rings is 1. The molecule has 4 N–H and O–H groups in total. The van der Waals surface area contributed by atoms with E-state index in [4.69, 9.17) is 15.6 Å². The van der Waals surface area contributed by atoms with Crippen molar-refractivity contribution < 1.29 is 24.3 Å². The standard InChI is InChI=1S/C29H25N7O5S2/c1-41-35-22(19-14-43-29(30)33-19)25(37)34-23-20-10-9-17(24(28(39)40)36(20)27(23)38)18-13-42-26(32-18)21(15-6-3-2-4-7-15)16-8-5-11-31-12-16/h2-8,11-14,20-21,23H,9-10H2,1H3,(H2,30,33)(H,34,37)(H,39,40)/b35-22-/t20-,21?,23+/m1/s1. The summed E-state index contributed by atoms with van der Waals surface area (Å²) in [6.45, 7) is 0. The molecule has 14 heteroatoms. The summed E-state index contributed by atoms with van der Waals surface area (Å²) in [6, 6.07) is 12.3. The zero-order chi connectivity index (χ0) is 30.1. The van der Waals surface area contributed by atoms with Crippen molar-refractivity contribution in [3.63, 3.8) is 0 Å². The number of fused-ring (bicyclic) bond motifs is 1. The van der Waals surface area contributed by atoms with E-state index in [1.54, 1.807) is 17.8 Å². The maximum atomic E-state index is 13.3. The summed E-state index contributed by atoms with van der Waals surface area (Å²) in [5.41, 5.74) is 8.61. The van der Waals surface area contributed by atoms with E-state index in [0.717, 1.165) is 27.5 Å². The highest BCUT2D eigenvalue weighted by Crippen LogP contribution is 2.42. The van der Waals surface area contributed by atoms with Gasteiger partial charge in [-0.15, -0.1) is 22.7 Å². The summed E-state index contributed by atoms with van der Waals surface area (Å²) in [7, 11) is 1.29. The van der Waals surface area contributed by atoms with Gasteiger partial charge in [0.05, 0.1) is 17.7 Å². The Labute approximate surface area is 253 Å². The minimum atomic E-state index is -1.24. The topological polar surface area (TPSA) is 173 Å². The number of carbonyl (C=O) groups is 3. The quantitative estimate of drug-likeness (QED) is 0.145. The number of hydrogen-bond donors (Lipinski definition) is 3. The third-order valence-corrected chi connectivity index (χ3v) is 8.90. The van der Waals surface area contributed by atoms with Gasteiger partial charge in [-0.2, -0.15) is 0 Å². The molecule has 43 heavy (non-hydrogen) atoms. The normalized spacial score (nSPS) is 19.0. The number of hydrogen-bond acceptors (Lipinski definition) is 11. The molecule has 5 heterocycles. The minimum Gasteiger partial charge on any atom is -0.477 e. The molecule has 6 rings (SSSR count). The van der Waals surface area contributed by atoms with Crippen molar-refractivity contribution in [3.05, 3.63) is 98.8 Å². The zero-order valence-corrected chi connectivity index (χ0v) is 24.3. The number of amides is 2. The second-order valence-corrected chi connectivity index (χ2v) is 11.6. The molecule has 0 radical (unpaired) electrons. The van der Waals surface area contributed by atoms with Crippen LogP contribution in [0.25, 0.3) is 5.57 Å².